The summed E-state index contributed by atoms with van der Waals surface area (Å²) in [6, 6.07) is 7.98. The topological polar surface area (TPSA) is 50.9 Å². The van der Waals surface area contributed by atoms with Gasteiger partial charge in [0.1, 0.15) is 0 Å². The van der Waals surface area contributed by atoms with Crippen LogP contribution >= 0.6 is 0 Å². The van der Waals surface area contributed by atoms with Crippen LogP contribution in [0.25, 0.3) is 10.9 Å². The number of anilines is 2. The van der Waals surface area contributed by atoms with Crippen molar-refractivity contribution < 1.29 is 0 Å². The lowest BCUT2D eigenvalue weighted by atomic mass is 10.0. The van der Waals surface area contributed by atoms with E-state index in [0.717, 1.165) is 28.8 Å². The van der Waals surface area contributed by atoms with Crippen molar-refractivity contribution >= 4 is 22.3 Å². The number of nitrogens with one attached hydrogen (secondary N) is 1. The molecular formula is C15H21N3. The lowest BCUT2D eigenvalue weighted by molar-refractivity contribution is 0.519. The number of nitrogens with two attached hydrogens (primary N) is 1. The van der Waals surface area contributed by atoms with Gasteiger partial charge in [0, 0.05) is 23.8 Å². The molecule has 3 heteroatoms. The standard InChI is InChI=1S/C15H21N3/c1-3-11(4-2)10-18-14-8-7-13(16)15-12(14)6-5-9-17-15/h5-9,11,18H,3-4,10,16H2,1-2H3. The van der Waals surface area contributed by atoms with Crippen molar-refractivity contribution in [1.82, 2.24) is 4.98 Å². The molecule has 0 aliphatic rings. The van der Waals surface area contributed by atoms with Crippen LogP contribution in [0.2, 0.25) is 0 Å². The molecule has 18 heavy (non-hydrogen) atoms. The molecule has 0 aliphatic carbocycles. The average Bonchev–Trinajstić information content (AvgIpc) is 2.42. The third-order valence-electron chi connectivity index (χ3n) is 3.54. The molecule has 0 bridgehead atoms. The lowest BCUT2D eigenvalue weighted by Gasteiger charge is -2.16. The van der Waals surface area contributed by atoms with E-state index < -0.39 is 0 Å². The van der Waals surface area contributed by atoms with Crippen LogP contribution < -0.4 is 11.1 Å². The zero-order chi connectivity index (χ0) is 13.0. The summed E-state index contributed by atoms with van der Waals surface area (Å²) in [5.74, 6) is 0.717. The van der Waals surface area contributed by atoms with Crippen LogP contribution in [0.4, 0.5) is 11.4 Å². The van der Waals surface area contributed by atoms with Gasteiger partial charge in [0.15, 0.2) is 0 Å². The summed E-state index contributed by atoms with van der Waals surface area (Å²) in [7, 11) is 0. The van der Waals surface area contributed by atoms with Gasteiger partial charge < -0.3 is 11.1 Å². The minimum atomic E-state index is 0.717. The maximum atomic E-state index is 5.94. The van der Waals surface area contributed by atoms with Crippen LogP contribution in [0.3, 0.4) is 0 Å². The maximum absolute atomic E-state index is 5.94. The minimum Gasteiger partial charge on any atom is -0.397 e. The van der Waals surface area contributed by atoms with Gasteiger partial charge in [-0.05, 0) is 30.2 Å². The highest BCUT2D eigenvalue weighted by molar-refractivity contribution is 5.98. The summed E-state index contributed by atoms with van der Waals surface area (Å²) < 4.78 is 0. The number of nitrogens with zero attached hydrogens (tertiary/aromatic N) is 1. The predicted molar refractivity (Wildman–Crippen MR) is 78.7 cm³/mol. The highest BCUT2D eigenvalue weighted by atomic mass is 14.9. The van der Waals surface area contributed by atoms with E-state index >= 15 is 0 Å². The molecule has 96 valence electrons. The fourth-order valence-electron chi connectivity index (χ4n) is 2.18. The molecule has 0 atom stereocenters. The number of nitrogen functional groups attached to an aromatic ring is 1. The molecule has 0 unspecified atom stereocenters. The van der Waals surface area contributed by atoms with E-state index in [2.05, 4.69) is 30.2 Å². The molecule has 0 fully saturated rings. The number of rotatable bonds is 5. The Bertz CT molecular complexity index is 518. The minimum absolute atomic E-state index is 0.717. The Hall–Kier alpha value is -1.77. The highest BCUT2D eigenvalue weighted by Crippen LogP contribution is 2.26. The number of fused-ring (bicyclic) bond motifs is 1. The molecule has 1 aromatic carbocycles. The Morgan fingerprint density at radius 2 is 2.00 bits per heavy atom. The van der Waals surface area contributed by atoms with Crippen LogP contribution in [0.5, 0.6) is 0 Å². The van der Waals surface area contributed by atoms with Crippen molar-refractivity contribution in [3.05, 3.63) is 30.5 Å². The quantitative estimate of drug-likeness (QED) is 0.788. The number of benzene rings is 1. The number of pyridine rings is 1. The molecule has 0 spiro atoms. The van der Waals surface area contributed by atoms with Crippen molar-refractivity contribution in [2.45, 2.75) is 26.7 Å². The molecule has 3 N–H and O–H groups in total. The smallest absolute Gasteiger partial charge is 0.0951 e. The SMILES string of the molecule is CCC(CC)CNc1ccc(N)c2ncccc12. The second-order valence-corrected chi connectivity index (χ2v) is 4.67. The van der Waals surface area contributed by atoms with E-state index in [-0.39, 0.29) is 0 Å². The fraction of sp³-hybridized carbons (Fsp3) is 0.400. The van der Waals surface area contributed by atoms with Crippen LogP contribution in [0.15, 0.2) is 30.5 Å². The van der Waals surface area contributed by atoms with Gasteiger partial charge in [0.25, 0.3) is 0 Å². The van der Waals surface area contributed by atoms with Crippen molar-refractivity contribution in [3.8, 4) is 0 Å². The van der Waals surface area contributed by atoms with Crippen LogP contribution in [-0.4, -0.2) is 11.5 Å². The summed E-state index contributed by atoms with van der Waals surface area (Å²) in [5.41, 5.74) is 8.68. The van der Waals surface area contributed by atoms with Gasteiger partial charge in [-0.1, -0.05) is 26.7 Å². The number of hydrogen-bond acceptors (Lipinski definition) is 3. The van der Waals surface area contributed by atoms with Crippen LogP contribution in [0, 0.1) is 5.92 Å². The molecule has 0 amide bonds. The third kappa shape index (κ3) is 2.55. The molecule has 0 radical (unpaired) electrons. The Morgan fingerprint density at radius 3 is 2.72 bits per heavy atom. The predicted octanol–water partition coefficient (Wildman–Crippen LogP) is 3.67. The van der Waals surface area contributed by atoms with Crippen LogP contribution in [-0.2, 0) is 0 Å². The molecule has 0 aliphatic heterocycles. The van der Waals surface area contributed by atoms with Gasteiger partial charge in [-0.3, -0.25) is 4.98 Å². The summed E-state index contributed by atoms with van der Waals surface area (Å²) >= 11 is 0. The van der Waals surface area contributed by atoms with Crippen molar-refractivity contribution in [1.29, 1.82) is 0 Å². The van der Waals surface area contributed by atoms with E-state index in [9.17, 15) is 0 Å². The molecule has 1 aromatic heterocycles. The number of hydrogen-bond donors (Lipinski definition) is 2. The zero-order valence-corrected chi connectivity index (χ0v) is 11.1. The monoisotopic (exact) mass is 243 g/mol. The Morgan fingerprint density at radius 1 is 1.22 bits per heavy atom. The zero-order valence-electron chi connectivity index (χ0n) is 11.1. The normalized spacial score (nSPS) is 11.1. The largest absolute Gasteiger partial charge is 0.397 e. The van der Waals surface area contributed by atoms with Crippen molar-refractivity contribution in [2.24, 2.45) is 5.92 Å². The van der Waals surface area contributed by atoms with Gasteiger partial charge in [0.05, 0.1) is 11.2 Å². The lowest BCUT2D eigenvalue weighted by Crippen LogP contribution is -2.13. The fourth-order valence-corrected chi connectivity index (χ4v) is 2.18. The first-order valence-corrected chi connectivity index (χ1v) is 6.63. The molecule has 1 heterocycles. The first kappa shape index (κ1) is 12.7. The maximum Gasteiger partial charge on any atom is 0.0951 e. The van der Waals surface area contributed by atoms with E-state index in [1.807, 2.05) is 18.2 Å². The third-order valence-corrected chi connectivity index (χ3v) is 3.54. The first-order chi connectivity index (χ1) is 8.76. The van der Waals surface area contributed by atoms with Crippen molar-refractivity contribution in [2.75, 3.05) is 17.6 Å². The Labute approximate surface area is 108 Å². The Balaban J connectivity index is 2.26. The highest BCUT2D eigenvalue weighted by Gasteiger charge is 2.07. The van der Waals surface area contributed by atoms with Crippen LogP contribution in [0.1, 0.15) is 26.7 Å². The van der Waals surface area contributed by atoms with Gasteiger partial charge in [0.2, 0.25) is 0 Å². The molecule has 3 nitrogen and oxygen atoms in total. The van der Waals surface area contributed by atoms with E-state index in [1.54, 1.807) is 6.20 Å². The summed E-state index contributed by atoms with van der Waals surface area (Å²) in [6.45, 7) is 5.47. The molecule has 0 saturated heterocycles. The van der Waals surface area contributed by atoms with E-state index in [4.69, 9.17) is 5.73 Å². The average molecular weight is 243 g/mol. The molecule has 0 saturated carbocycles. The van der Waals surface area contributed by atoms with Gasteiger partial charge in [-0.2, -0.15) is 0 Å². The Kier molecular flexibility index (Phi) is 4.03. The van der Waals surface area contributed by atoms with Gasteiger partial charge >= 0.3 is 0 Å². The summed E-state index contributed by atoms with van der Waals surface area (Å²) in [5, 5.41) is 4.62. The van der Waals surface area contributed by atoms with E-state index in [1.165, 1.54) is 12.8 Å². The number of aromatic nitrogens is 1. The summed E-state index contributed by atoms with van der Waals surface area (Å²) in [6.07, 6.45) is 4.19. The second-order valence-electron chi connectivity index (χ2n) is 4.67. The van der Waals surface area contributed by atoms with Gasteiger partial charge in [-0.25, -0.2) is 0 Å². The first-order valence-electron chi connectivity index (χ1n) is 6.63. The molecule has 2 aromatic rings. The second kappa shape index (κ2) is 5.71. The van der Waals surface area contributed by atoms with E-state index in [0.29, 0.717) is 5.92 Å². The molecule has 2 rings (SSSR count). The van der Waals surface area contributed by atoms with Crippen molar-refractivity contribution in [3.63, 3.8) is 0 Å². The molecular weight excluding hydrogens is 222 g/mol. The van der Waals surface area contributed by atoms with Gasteiger partial charge in [-0.15, -0.1) is 0 Å². The summed E-state index contributed by atoms with van der Waals surface area (Å²) in [4.78, 5) is 4.34.